The summed E-state index contributed by atoms with van der Waals surface area (Å²) in [5.74, 6) is -1.76. The summed E-state index contributed by atoms with van der Waals surface area (Å²) >= 11 is 0. The number of aliphatic carboxylic acids is 1. The minimum absolute atomic E-state index is 0. The van der Waals surface area contributed by atoms with E-state index in [9.17, 15) is 19.5 Å². The van der Waals surface area contributed by atoms with Crippen LogP contribution in [-0.2, 0) is 22.6 Å². The fourth-order valence-corrected chi connectivity index (χ4v) is 4.16. The molecule has 4 rings (SSSR count). The maximum atomic E-state index is 13.2. The van der Waals surface area contributed by atoms with Gasteiger partial charge in [0.1, 0.15) is 12.1 Å². The number of benzene rings is 2. The maximum Gasteiger partial charge on any atom is 0.326 e. The van der Waals surface area contributed by atoms with Crippen molar-refractivity contribution < 1.29 is 19.5 Å². The summed E-state index contributed by atoms with van der Waals surface area (Å²) < 4.78 is 1.91. The first-order valence-corrected chi connectivity index (χ1v) is 10.9. The number of likely N-dealkylation sites (tertiary alicyclic amines) is 1. The zero-order chi connectivity index (χ0) is 23.2. The van der Waals surface area contributed by atoms with Gasteiger partial charge in [0.15, 0.2) is 0 Å². The number of hydrogen-bond acceptors (Lipinski definition) is 4. The second kappa shape index (κ2) is 11.5. The van der Waals surface area contributed by atoms with Gasteiger partial charge < -0.3 is 19.9 Å². The van der Waals surface area contributed by atoms with Crippen molar-refractivity contribution in [1.82, 2.24) is 19.8 Å². The van der Waals surface area contributed by atoms with Gasteiger partial charge >= 0.3 is 5.97 Å². The van der Waals surface area contributed by atoms with Crippen molar-refractivity contribution in [3.63, 3.8) is 0 Å². The Kier molecular flexibility index (Phi) is 8.43. The van der Waals surface area contributed by atoms with Crippen molar-refractivity contribution in [3.8, 4) is 0 Å². The van der Waals surface area contributed by atoms with Crippen LogP contribution in [0.2, 0.25) is 0 Å². The average Bonchev–Trinajstić information content (AvgIpc) is 3.51. The normalized spacial score (nSPS) is 15.9. The number of imidazole rings is 1. The number of amides is 2. The van der Waals surface area contributed by atoms with E-state index < -0.39 is 24.0 Å². The number of aromatic nitrogens is 2. The molecule has 0 aliphatic carbocycles. The Morgan fingerprint density at radius 2 is 1.85 bits per heavy atom. The number of nitrogens with one attached hydrogen (secondary N) is 1. The third-order valence-electron chi connectivity index (χ3n) is 5.81. The quantitative estimate of drug-likeness (QED) is 0.513. The topological polar surface area (TPSA) is 105 Å². The second-order valence-electron chi connectivity index (χ2n) is 8.18. The third kappa shape index (κ3) is 6.02. The molecule has 2 heterocycles. The highest BCUT2D eigenvalue weighted by Gasteiger charge is 2.36. The highest BCUT2D eigenvalue weighted by atomic mass is 35.5. The molecule has 1 aliphatic rings. The van der Waals surface area contributed by atoms with E-state index in [0.29, 0.717) is 31.5 Å². The zero-order valence-electron chi connectivity index (χ0n) is 18.5. The largest absolute Gasteiger partial charge is 0.480 e. The van der Waals surface area contributed by atoms with Gasteiger partial charge in [-0.05, 0) is 36.1 Å². The number of nitrogens with zero attached hydrogens (tertiary/aromatic N) is 3. The molecule has 1 aliphatic heterocycles. The van der Waals surface area contributed by atoms with E-state index in [1.54, 1.807) is 23.5 Å². The standard InChI is InChI=1S/C25H26N4O4.ClH/c30-23(27-21(25(32)33)15-18-6-2-1-3-7-18)22-10-5-12-29(22)24(31)20-9-4-8-19(14-20)16-28-13-11-26-17-28;/h1-4,6-9,11,13-14,17,21-22H,5,10,12,15-16H2,(H,27,30)(H,32,33);1H/t21-,22-;/m0./s1. The second-order valence-corrected chi connectivity index (χ2v) is 8.18. The lowest BCUT2D eigenvalue weighted by Crippen LogP contribution is -2.51. The van der Waals surface area contributed by atoms with Gasteiger partial charge in [-0.2, -0.15) is 0 Å². The van der Waals surface area contributed by atoms with Crippen LogP contribution in [0.25, 0.3) is 0 Å². The van der Waals surface area contributed by atoms with Crippen LogP contribution in [0.15, 0.2) is 73.3 Å². The fraction of sp³-hybridized carbons (Fsp3) is 0.280. The Morgan fingerprint density at radius 1 is 1.09 bits per heavy atom. The molecule has 0 unspecified atom stereocenters. The Balaban J connectivity index is 0.00000324. The molecule has 1 fully saturated rings. The number of rotatable bonds is 8. The molecule has 9 heteroatoms. The third-order valence-corrected chi connectivity index (χ3v) is 5.81. The minimum Gasteiger partial charge on any atom is -0.480 e. The first-order chi connectivity index (χ1) is 16.0. The molecule has 2 atom stereocenters. The molecule has 1 saturated heterocycles. The molecule has 0 saturated carbocycles. The van der Waals surface area contributed by atoms with Crippen molar-refractivity contribution in [2.75, 3.05) is 6.54 Å². The smallest absolute Gasteiger partial charge is 0.326 e. The van der Waals surface area contributed by atoms with Crippen LogP contribution in [0.3, 0.4) is 0 Å². The molecular weight excluding hydrogens is 456 g/mol. The van der Waals surface area contributed by atoms with Crippen LogP contribution in [0.5, 0.6) is 0 Å². The average molecular weight is 483 g/mol. The Labute approximate surface area is 204 Å². The number of halogens is 1. The summed E-state index contributed by atoms with van der Waals surface area (Å²) in [6.07, 6.45) is 6.63. The van der Waals surface area contributed by atoms with E-state index in [2.05, 4.69) is 10.3 Å². The maximum absolute atomic E-state index is 13.2. The molecule has 3 aromatic rings. The number of hydrogen-bond donors (Lipinski definition) is 2. The summed E-state index contributed by atoms with van der Waals surface area (Å²) in [5, 5.41) is 12.3. The number of carbonyl (C=O) groups excluding carboxylic acids is 2. The van der Waals surface area contributed by atoms with Crippen molar-refractivity contribution >= 4 is 30.2 Å². The lowest BCUT2D eigenvalue weighted by molar-refractivity contribution is -0.142. The molecule has 8 nitrogen and oxygen atoms in total. The van der Waals surface area contributed by atoms with Gasteiger partial charge in [-0.1, -0.05) is 42.5 Å². The summed E-state index contributed by atoms with van der Waals surface area (Å²) in [6.45, 7) is 1.05. The highest BCUT2D eigenvalue weighted by Crippen LogP contribution is 2.21. The molecule has 2 N–H and O–H groups in total. The van der Waals surface area contributed by atoms with Gasteiger partial charge in [0.25, 0.3) is 5.91 Å². The zero-order valence-corrected chi connectivity index (χ0v) is 19.4. The number of carboxylic acid groups (broad SMARTS) is 1. The first-order valence-electron chi connectivity index (χ1n) is 10.9. The van der Waals surface area contributed by atoms with Crippen molar-refractivity contribution in [3.05, 3.63) is 90.0 Å². The van der Waals surface area contributed by atoms with Crippen molar-refractivity contribution in [2.24, 2.45) is 0 Å². The molecular formula is C25H27ClN4O4. The van der Waals surface area contributed by atoms with Gasteiger partial charge in [-0.25, -0.2) is 9.78 Å². The van der Waals surface area contributed by atoms with E-state index in [-0.39, 0.29) is 24.7 Å². The molecule has 0 spiro atoms. The fourth-order valence-electron chi connectivity index (χ4n) is 4.16. The lowest BCUT2D eigenvalue weighted by atomic mass is 10.0. The molecule has 0 bridgehead atoms. The summed E-state index contributed by atoms with van der Waals surface area (Å²) in [6, 6.07) is 14.7. The molecule has 1 aromatic heterocycles. The van der Waals surface area contributed by atoms with Crippen LogP contribution in [0.1, 0.15) is 34.3 Å². The molecule has 34 heavy (non-hydrogen) atoms. The summed E-state index contributed by atoms with van der Waals surface area (Å²) in [4.78, 5) is 43.6. The van der Waals surface area contributed by atoms with Crippen LogP contribution in [0.4, 0.5) is 0 Å². The van der Waals surface area contributed by atoms with Crippen molar-refractivity contribution in [2.45, 2.75) is 37.9 Å². The highest BCUT2D eigenvalue weighted by molar-refractivity contribution is 5.98. The van der Waals surface area contributed by atoms with Crippen LogP contribution < -0.4 is 5.32 Å². The molecule has 2 aromatic carbocycles. The Morgan fingerprint density at radius 3 is 2.56 bits per heavy atom. The molecule has 178 valence electrons. The molecule has 2 amide bonds. The van der Waals surface area contributed by atoms with E-state index in [1.165, 1.54) is 0 Å². The lowest BCUT2D eigenvalue weighted by Gasteiger charge is -2.26. The van der Waals surface area contributed by atoms with E-state index in [1.807, 2.05) is 59.3 Å². The van der Waals surface area contributed by atoms with Crippen molar-refractivity contribution in [1.29, 1.82) is 0 Å². The van der Waals surface area contributed by atoms with Gasteiger partial charge in [0.2, 0.25) is 5.91 Å². The van der Waals surface area contributed by atoms with Crippen LogP contribution in [0, 0.1) is 0 Å². The summed E-state index contributed by atoms with van der Waals surface area (Å²) in [7, 11) is 0. The predicted octanol–water partition coefficient (Wildman–Crippen LogP) is 2.77. The number of carbonyl (C=O) groups is 3. The predicted molar refractivity (Wildman–Crippen MR) is 129 cm³/mol. The van der Waals surface area contributed by atoms with Crippen LogP contribution in [-0.4, -0.2) is 56.0 Å². The monoisotopic (exact) mass is 482 g/mol. The number of carboxylic acids is 1. The van der Waals surface area contributed by atoms with Gasteiger partial charge in [0, 0.05) is 37.5 Å². The van der Waals surface area contributed by atoms with E-state index in [0.717, 1.165) is 11.1 Å². The minimum atomic E-state index is -1.10. The van der Waals surface area contributed by atoms with Gasteiger partial charge in [0.05, 0.1) is 6.33 Å². The van der Waals surface area contributed by atoms with Crippen LogP contribution >= 0.6 is 12.4 Å². The first kappa shape index (κ1) is 25.0. The van der Waals surface area contributed by atoms with Gasteiger partial charge in [-0.15, -0.1) is 12.4 Å². The van der Waals surface area contributed by atoms with Gasteiger partial charge in [-0.3, -0.25) is 9.59 Å². The summed E-state index contributed by atoms with van der Waals surface area (Å²) in [5.41, 5.74) is 2.28. The van der Waals surface area contributed by atoms with E-state index >= 15 is 0 Å². The Bertz CT molecular complexity index is 1120. The van der Waals surface area contributed by atoms with E-state index in [4.69, 9.17) is 0 Å². The Hall–Kier alpha value is -3.65. The SMILES string of the molecule is Cl.O=C(O)[C@H](Cc1ccccc1)NC(=O)[C@@H]1CCCN1C(=O)c1cccc(Cn2ccnc2)c1. The molecule has 0 radical (unpaired) electrons.